The molecule has 1 aromatic heterocycles. The highest BCUT2D eigenvalue weighted by Crippen LogP contribution is 2.17. The Hall–Kier alpha value is -0.310. The molecular weight excluding hydrogens is 214 g/mol. The lowest BCUT2D eigenvalue weighted by atomic mass is 10.2. The summed E-state index contributed by atoms with van der Waals surface area (Å²) in [4.78, 5) is 5.40. The standard InChI is InChI=1S/C11H15NS.ClH/c1-10-5-6-11(13-10)9-12-7-3-2-4-8-12;/h2-3,5-6H,4,7-9H2,1H3;1H. The molecule has 0 unspecified atom stereocenters. The SMILES string of the molecule is Cc1ccc(CN2CC=CCC2)s1.Cl. The summed E-state index contributed by atoms with van der Waals surface area (Å²) in [5.74, 6) is 0. The average Bonchev–Trinajstić information content (AvgIpc) is 2.53. The monoisotopic (exact) mass is 229 g/mol. The second-order valence-electron chi connectivity index (χ2n) is 3.51. The van der Waals surface area contributed by atoms with Gasteiger partial charge in [-0.3, -0.25) is 4.90 Å². The van der Waals surface area contributed by atoms with E-state index in [1.54, 1.807) is 0 Å². The number of aryl methyl sites for hydroxylation is 1. The molecule has 1 aromatic rings. The fourth-order valence-electron chi connectivity index (χ4n) is 1.62. The number of hydrogen-bond donors (Lipinski definition) is 0. The number of rotatable bonds is 2. The Balaban J connectivity index is 0.000000980. The molecule has 1 aliphatic rings. The molecule has 0 amide bonds. The van der Waals surface area contributed by atoms with Crippen molar-refractivity contribution in [2.75, 3.05) is 13.1 Å². The third-order valence-electron chi connectivity index (χ3n) is 2.32. The van der Waals surface area contributed by atoms with E-state index in [0.29, 0.717) is 0 Å². The van der Waals surface area contributed by atoms with Gasteiger partial charge in [0.05, 0.1) is 0 Å². The molecule has 1 nitrogen and oxygen atoms in total. The van der Waals surface area contributed by atoms with E-state index < -0.39 is 0 Å². The van der Waals surface area contributed by atoms with Crippen molar-refractivity contribution >= 4 is 23.7 Å². The Morgan fingerprint density at radius 1 is 1.36 bits per heavy atom. The highest BCUT2D eigenvalue weighted by molar-refractivity contribution is 7.11. The summed E-state index contributed by atoms with van der Waals surface area (Å²) in [5.41, 5.74) is 0. The van der Waals surface area contributed by atoms with Gasteiger partial charge in [-0.15, -0.1) is 23.7 Å². The molecule has 14 heavy (non-hydrogen) atoms. The molecule has 0 radical (unpaired) electrons. The third-order valence-corrected chi connectivity index (χ3v) is 3.30. The summed E-state index contributed by atoms with van der Waals surface area (Å²) >= 11 is 1.92. The second-order valence-corrected chi connectivity index (χ2v) is 4.88. The highest BCUT2D eigenvalue weighted by Gasteiger charge is 2.07. The van der Waals surface area contributed by atoms with Gasteiger partial charge >= 0.3 is 0 Å². The van der Waals surface area contributed by atoms with E-state index in [-0.39, 0.29) is 12.4 Å². The van der Waals surface area contributed by atoms with Crippen LogP contribution in [0, 0.1) is 6.92 Å². The topological polar surface area (TPSA) is 3.24 Å². The van der Waals surface area contributed by atoms with Crippen molar-refractivity contribution in [3.63, 3.8) is 0 Å². The minimum atomic E-state index is 0. The highest BCUT2D eigenvalue weighted by atomic mass is 35.5. The van der Waals surface area contributed by atoms with Crippen molar-refractivity contribution in [2.24, 2.45) is 0 Å². The Morgan fingerprint density at radius 3 is 2.79 bits per heavy atom. The Kier molecular flexibility index (Phi) is 4.66. The van der Waals surface area contributed by atoms with Crippen molar-refractivity contribution in [3.05, 3.63) is 34.0 Å². The summed E-state index contributed by atoms with van der Waals surface area (Å²) < 4.78 is 0. The van der Waals surface area contributed by atoms with Crippen LogP contribution in [0.5, 0.6) is 0 Å². The number of thiophene rings is 1. The molecule has 2 heterocycles. The van der Waals surface area contributed by atoms with Gasteiger partial charge in [-0.05, 0) is 25.5 Å². The fraction of sp³-hybridized carbons (Fsp3) is 0.455. The molecular formula is C11H16ClNS. The summed E-state index contributed by atoms with van der Waals surface area (Å²) in [6.45, 7) is 5.64. The van der Waals surface area contributed by atoms with E-state index >= 15 is 0 Å². The summed E-state index contributed by atoms with van der Waals surface area (Å²) in [5, 5.41) is 0. The lowest BCUT2D eigenvalue weighted by molar-refractivity contribution is 0.293. The molecule has 0 saturated heterocycles. The van der Waals surface area contributed by atoms with E-state index in [4.69, 9.17) is 0 Å². The number of hydrogen-bond acceptors (Lipinski definition) is 2. The fourth-order valence-corrected chi connectivity index (χ4v) is 2.56. The van der Waals surface area contributed by atoms with Gasteiger partial charge in [-0.2, -0.15) is 0 Å². The Labute approximate surface area is 95.8 Å². The van der Waals surface area contributed by atoms with Crippen LogP contribution < -0.4 is 0 Å². The minimum absolute atomic E-state index is 0. The van der Waals surface area contributed by atoms with Crippen molar-refractivity contribution in [1.29, 1.82) is 0 Å². The number of halogens is 1. The first kappa shape index (κ1) is 11.8. The first-order valence-corrected chi connectivity index (χ1v) is 5.59. The molecule has 0 aromatic carbocycles. The van der Waals surface area contributed by atoms with Crippen molar-refractivity contribution in [1.82, 2.24) is 4.90 Å². The molecule has 0 aliphatic carbocycles. The maximum absolute atomic E-state index is 2.49. The summed E-state index contributed by atoms with van der Waals surface area (Å²) in [6.07, 6.45) is 5.75. The van der Waals surface area contributed by atoms with Crippen molar-refractivity contribution in [3.8, 4) is 0 Å². The van der Waals surface area contributed by atoms with Crippen LogP contribution in [0.25, 0.3) is 0 Å². The zero-order valence-electron chi connectivity index (χ0n) is 8.40. The molecule has 0 saturated carbocycles. The summed E-state index contributed by atoms with van der Waals surface area (Å²) in [6, 6.07) is 4.46. The van der Waals surface area contributed by atoms with Crippen LogP contribution in [-0.4, -0.2) is 18.0 Å². The molecule has 0 spiro atoms. The quantitative estimate of drug-likeness (QED) is 0.704. The first-order chi connectivity index (χ1) is 6.34. The minimum Gasteiger partial charge on any atom is -0.294 e. The van der Waals surface area contributed by atoms with Crippen LogP contribution in [0.15, 0.2) is 24.3 Å². The molecule has 2 rings (SSSR count). The average molecular weight is 230 g/mol. The van der Waals surface area contributed by atoms with Crippen molar-refractivity contribution < 1.29 is 0 Å². The van der Waals surface area contributed by atoms with Crippen LogP contribution >= 0.6 is 23.7 Å². The molecule has 0 fully saturated rings. The summed E-state index contributed by atoms with van der Waals surface area (Å²) in [7, 11) is 0. The normalized spacial score (nSPS) is 16.6. The maximum Gasteiger partial charge on any atom is 0.0331 e. The van der Waals surface area contributed by atoms with Gasteiger partial charge in [0, 0.05) is 29.4 Å². The Morgan fingerprint density at radius 2 is 2.21 bits per heavy atom. The van der Waals surface area contributed by atoms with Gasteiger partial charge < -0.3 is 0 Å². The van der Waals surface area contributed by atoms with E-state index in [2.05, 4.69) is 36.1 Å². The van der Waals surface area contributed by atoms with Crippen molar-refractivity contribution in [2.45, 2.75) is 19.9 Å². The molecule has 0 atom stereocenters. The van der Waals surface area contributed by atoms with Gasteiger partial charge in [0.2, 0.25) is 0 Å². The lowest BCUT2D eigenvalue weighted by Crippen LogP contribution is -2.26. The van der Waals surface area contributed by atoms with Gasteiger partial charge in [0.15, 0.2) is 0 Å². The zero-order valence-corrected chi connectivity index (χ0v) is 10.0. The molecule has 3 heteroatoms. The van der Waals surface area contributed by atoms with Crippen LogP contribution in [0.1, 0.15) is 16.2 Å². The predicted molar refractivity (Wildman–Crippen MR) is 65.3 cm³/mol. The maximum atomic E-state index is 2.49. The lowest BCUT2D eigenvalue weighted by Gasteiger charge is -2.21. The predicted octanol–water partition coefficient (Wildman–Crippen LogP) is 3.24. The van der Waals surface area contributed by atoms with Gasteiger partial charge in [0.25, 0.3) is 0 Å². The molecule has 0 N–H and O–H groups in total. The van der Waals surface area contributed by atoms with E-state index in [1.165, 1.54) is 22.7 Å². The van der Waals surface area contributed by atoms with Crippen LogP contribution in [0.3, 0.4) is 0 Å². The molecule has 78 valence electrons. The second kappa shape index (κ2) is 5.54. The van der Waals surface area contributed by atoms with E-state index in [0.717, 1.165) is 13.1 Å². The van der Waals surface area contributed by atoms with Crippen LogP contribution in [-0.2, 0) is 6.54 Å². The van der Waals surface area contributed by atoms with E-state index in [9.17, 15) is 0 Å². The third kappa shape index (κ3) is 3.12. The van der Waals surface area contributed by atoms with Crippen LogP contribution in [0.2, 0.25) is 0 Å². The van der Waals surface area contributed by atoms with Crippen LogP contribution in [0.4, 0.5) is 0 Å². The molecule has 0 bridgehead atoms. The van der Waals surface area contributed by atoms with Gasteiger partial charge in [-0.1, -0.05) is 12.2 Å². The smallest absolute Gasteiger partial charge is 0.0331 e. The first-order valence-electron chi connectivity index (χ1n) is 4.77. The zero-order chi connectivity index (χ0) is 9.10. The Bertz CT molecular complexity index is 306. The van der Waals surface area contributed by atoms with E-state index in [1.807, 2.05) is 11.3 Å². The number of nitrogens with zero attached hydrogens (tertiary/aromatic N) is 1. The largest absolute Gasteiger partial charge is 0.294 e. The van der Waals surface area contributed by atoms with Gasteiger partial charge in [0.1, 0.15) is 0 Å². The molecule has 1 aliphatic heterocycles. The van der Waals surface area contributed by atoms with Gasteiger partial charge in [-0.25, -0.2) is 0 Å².